The van der Waals surface area contributed by atoms with Gasteiger partial charge in [-0.2, -0.15) is 0 Å². The average molecular weight is 447 g/mol. The number of aromatic nitrogens is 2. The number of nitrogens with zero attached hydrogens (tertiary/aromatic N) is 3. The molecular formula is C26H30N4O3. The standard InChI is InChI=1S/C26H30N4O3/c1-3-14-29-15-16-30(26(32)24-27-12-13-28-24)18-20(25(29)31)17-19-8-4-5-9-21(19)22-10-6-7-11-23(22)33-2/h4-13,20H,3,14-18H2,1-2H3,(H,27,28)/t20-/m1/s1. The number of carbonyl (C=O) groups excluding carboxylic acids is 2. The van der Waals surface area contributed by atoms with E-state index in [1.54, 1.807) is 24.4 Å². The monoisotopic (exact) mass is 446 g/mol. The highest BCUT2D eigenvalue weighted by Crippen LogP contribution is 2.33. The molecule has 1 fully saturated rings. The number of hydrogen-bond donors (Lipinski definition) is 1. The number of aromatic amines is 1. The average Bonchev–Trinajstić information content (AvgIpc) is 3.34. The smallest absolute Gasteiger partial charge is 0.289 e. The fourth-order valence-electron chi connectivity index (χ4n) is 4.50. The van der Waals surface area contributed by atoms with Crippen LogP contribution in [0.1, 0.15) is 29.5 Å². The third-order valence-corrected chi connectivity index (χ3v) is 6.10. The van der Waals surface area contributed by atoms with Crippen molar-refractivity contribution >= 4 is 11.8 Å². The molecule has 3 aromatic rings. The molecule has 2 heterocycles. The van der Waals surface area contributed by atoms with E-state index in [4.69, 9.17) is 4.74 Å². The van der Waals surface area contributed by atoms with Crippen LogP contribution < -0.4 is 4.74 Å². The lowest BCUT2D eigenvalue weighted by atomic mass is 9.91. The Bertz CT molecular complexity index is 1100. The molecule has 1 N–H and O–H groups in total. The van der Waals surface area contributed by atoms with Crippen molar-refractivity contribution in [3.63, 3.8) is 0 Å². The second-order valence-corrected chi connectivity index (χ2v) is 8.27. The number of hydrogen-bond acceptors (Lipinski definition) is 4. The van der Waals surface area contributed by atoms with Crippen molar-refractivity contribution in [3.8, 4) is 16.9 Å². The number of benzene rings is 2. The SMILES string of the molecule is CCCN1CCN(C(=O)c2ncc[nH]2)C[C@@H](Cc2ccccc2-c2ccccc2OC)C1=O. The maximum Gasteiger partial charge on any atom is 0.289 e. The summed E-state index contributed by atoms with van der Waals surface area (Å²) in [6.45, 7) is 4.14. The molecule has 7 nitrogen and oxygen atoms in total. The van der Waals surface area contributed by atoms with Gasteiger partial charge in [0, 0.05) is 44.1 Å². The number of para-hydroxylation sites is 1. The third kappa shape index (κ3) is 4.92. The molecule has 0 saturated carbocycles. The van der Waals surface area contributed by atoms with Crippen molar-refractivity contribution in [1.29, 1.82) is 0 Å². The second-order valence-electron chi connectivity index (χ2n) is 8.27. The van der Waals surface area contributed by atoms with Crippen LogP contribution in [0.3, 0.4) is 0 Å². The lowest BCUT2D eigenvalue weighted by Crippen LogP contribution is -2.38. The summed E-state index contributed by atoms with van der Waals surface area (Å²) < 4.78 is 5.59. The van der Waals surface area contributed by atoms with Crippen molar-refractivity contribution in [2.24, 2.45) is 5.92 Å². The first-order valence-electron chi connectivity index (χ1n) is 11.4. The van der Waals surface area contributed by atoms with E-state index in [0.29, 0.717) is 38.4 Å². The zero-order chi connectivity index (χ0) is 23.2. The predicted molar refractivity (Wildman–Crippen MR) is 127 cm³/mol. The van der Waals surface area contributed by atoms with Crippen LogP contribution in [-0.4, -0.2) is 64.9 Å². The Morgan fingerprint density at radius 3 is 2.61 bits per heavy atom. The zero-order valence-electron chi connectivity index (χ0n) is 19.2. The number of ether oxygens (including phenoxy) is 1. The van der Waals surface area contributed by atoms with Crippen molar-refractivity contribution in [1.82, 2.24) is 19.8 Å². The molecule has 1 aromatic heterocycles. The molecule has 1 aliphatic rings. The van der Waals surface area contributed by atoms with Gasteiger partial charge in [0.2, 0.25) is 5.91 Å². The Labute approximate surface area is 194 Å². The molecule has 2 amide bonds. The molecular weight excluding hydrogens is 416 g/mol. The van der Waals surface area contributed by atoms with Crippen molar-refractivity contribution in [3.05, 3.63) is 72.3 Å². The maximum absolute atomic E-state index is 13.5. The van der Waals surface area contributed by atoms with E-state index in [0.717, 1.165) is 28.9 Å². The van der Waals surface area contributed by atoms with E-state index in [2.05, 4.69) is 29.0 Å². The summed E-state index contributed by atoms with van der Waals surface area (Å²) >= 11 is 0. The minimum atomic E-state index is -0.339. The highest BCUT2D eigenvalue weighted by molar-refractivity contribution is 5.91. The Hall–Kier alpha value is -3.61. The number of nitrogens with one attached hydrogen (secondary N) is 1. The summed E-state index contributed by atoms with van der Waals surface area (Å²) in [6.07, 6.45) is 4.62. The number of methoxy groups -OCH3 is 1. The molecule has 1 saturated heterocycles. The molecule has 1 aliphatic heterocycles. The van der Waals surface area contributed by atoms with E-state index >= 15 is 0 Å². The van der Waals surface area contributed by atoms with Gasteiger partial charge in [-0.15, -0.1) is 0 Å². The fourth-order valence-corrected chi connectivity index (χ4v) is 4.50. The van der Waals surface area contributed by atoms with E-state index in [9.17, 15) is 9.59 Å². The van der Waals surface area contributed by atoms with Crippen molar-refractivity contribution in [2.45, 2.75) is 19.8 Å². The number of carbonyl (C=O) groups is 2. The summed E-state index contributed by atoms with van der Waals surface area (Å²) in [6, 6.07) is 16.0. The van der Waals surface area contributed by atoms with Gasteiger partial charge in [-0.1, -0.05) is 49.4 Å². The summed E-state index contributed by atoms with van der Waals surface area (Å²) in [5.74, 6) is 0.684. The van der Waals surface area contributed by atoms with Crippen LogP contribution in [0.5, 0.6) is 5.75 Å². The highest BCUT2D eigenvalue weighted by Gasteiger charge is 2.33. The van der Waals surface area contributed by atoms with E-state index in [1.165, 1.54) is 0 Å². The summed E-state index contributed by atoms with van der Waals surface area (Å²) in [7, 11) is 1.66. The number of H-pyrrole nitrogens is 1. The van der Waals surface area contributed by atoms with Crippen LogP contribution in [-0.2, 0) is 11.2 Å². The van der Waals surface area contributed by atoms with Gasteiger partial charge in [-0.05, 0) is 30.0 Å². The Balaban J connectivity index is 1.66. The minimum absolute atomic E-state index is 0.0985. The zero-order valence-corrected chi connectivity index (χ0v) is 19.2. The van der Waals surface area contributed by atoms with Crippen molar-refractivity contribution in [2.75, 3.05) is 33.3 Å². The Morgan fingerprint density at radius 1 is 1.12 bits per heavy atom. The van der Waals surface area contributed by atoms with Gasteiger partial charge in [-0.25, -0.2) is 4.98 Å². The fraction of sp³-hybridized carbons (Fsp3) is 0.346. The molecule has 33 heavy (non-hydrogen) atoms. The summed E-state index contributed by atoms with van der Waals surface area (Å²) in [4.78, 5) is 37.2. The molecule has 2 aromatic carbocycles. The van der Waals surface area contributed by atoms with Crippen LogP contribution in [0.25, 0.3) is 11.1 Å². The van der Waals surface area contributed by atoms with Crippen molar-refractivity contribution < 1.29 is 14.3 Å². The second kappa shape index (κ2) is 10.3. The summed E-state index contributed by atoms with van der Waals surface area (Å²) in [5.41, 5.74) is 3.09. The molecule has 4 rings (SSSR count). The van der Waals surface area contributed by atoms with Crippen LogP contribution >= 0.6 is 0 Å². The number of rotatable bonds is 7. The van der Waals surface area contributed by atoms with Crippen LogP contribution in [0.2, 0.25) is 0 Å². The van der Waals surface area contributed by atoms with Gasteiger partial charge in [0.05, 0.1) is 13.0 Å². The van der Waals surface area contributed by atoms with Gasteiger partial charge >= 0.3 is 0 Å². The Morgan fingerprint density at radius 2 is 1.88 bits per heavy atom. The van der Waals surface area contributed by atoms with E-state index < -0.39 is 0 Å². The molecule has 0 unspecified atom stereocenters. The molecule has 1 atom stereocenters. The molecule has 0 spiro atoms. The van der Waals surface area contributed by atoms with Gasteiger partial charge in [0.15, 0.2) is 5.82 Å². The number of imidazole rings is 1. The van der Waals surface area contributed by atoms with Gasteiger partial charge in [0.25, 0.3) is 5.91 Å². The minimum Gasteiger partial charge on any atom is -0.496 e. The van der Waals surface area contributed by atoms with Crippen LogP contribution in [0, 0.1) is 5.92 Å². The van der Waals surface area contributed by atoms with Crippen LogP contribution in [0.4, 0.5) is 0 Å². The quantitative estimate of drug-likeness (QED) is 0.601. The molecule has 172 valence electrons. The maximum atomic E-state index is 13.5. The molecule has 0 bridgehead atoms. The topological polar surface area (TPSA) is 78.5 Å². The van der Waals surface area contributed by atoms with Crippen LogP contribution in [0.15, 0.2) is 60.9 Å². The van der Waals surface area contributed by atoms with E-state index in [1.807, 2.05) is 41.3 Å². The Kier molecular flexibility index (Phi) is 7.07. The van der Waals surface area contributed by atoms with E-state index in [-0.39, 0.29) is 17.7 Å². The molecule has 7 heteroatoms. The first-order chi connectivity index (χ1) is 16.1. The van der Waals surface area contributed by atoms with Gasteiger partial charge in [-0.3, -0.25) is 9.59 Å². The normalized spacial score (nSPS) is 16.5. The summed E-state index contributed by atoms with van der Waals surface area (Å²) in [5, 5.41) is 0. The largest absolute Gasteiger partial charge is 0.496 e. The lowest BCUT2D eigenvalue weighted by Gasteiger charge is -2.24. The molecule has 0 aliphatic carbocycles. The third-order valence-electron chi connectivity index (χ3n) is 6.10. The number of amides is 2. The van der Waals surface area contributed by atoms with Gasteiger partial charge in [0.1, 0.15) is 5.75 Å². The predicted octanol–water partition coefficient (Wildman–Crippen LogP) is 3.64. The first-order valence-corrected chi connectivity index (χ1v) is 11.4. The molecule has 0 radical (unpaired) electrons. The first kappa shape index (κ1) is 22.6. The van der Waals surface area contributed by atoms with Gasteiger partial charge < -0.3 is 19.5 Å². The highest BCUT2D eigenvalue weighted by atomic mass is 16.5. The lowest BCUT2D eigenvalue weighted by molar-refractivity contribution is -0.134.